The highest BCUT2D eigenvalue weighted by Gasteiger charge is 2.37. The summed E-state index contributed by atoms with van der Waals surface area (Å²) in [5.74, 6) is -0.293. The molecule has 2 aromatic carbocycles. The second-order valence-corrected chi connectivity index (χ2v) is 7.23. The summed E-state index contributed by atoms with van der Waals surface area (Å²) >= 11 is 0. The van der Waals surface area contributed by atoms with Gasteiger partial charge in [0.15, 0.2) is 0 Å². The molecule has 1 aliphatic rings. The van der Waals surface area contributed by atoms with E-state index in [9.17, 15) is 14.3 Å². The minimum atomic E-state index is -0.901. The molecule has 28 heavy (non-hydrogen) atoms. The molecule has 0 unspecified atom stereocenters. The summed E-state index contributed by atoms with van der Waals surface area (Å²) in [5, 5.41) is 18.6. The molecule has 2 aromatic rings. The topological polar surface area (TPSA) is 67.6 Å². The van der Waals surface area contributed by atoms with E-state index >= 15 is 0 Å². The quantitative estimate of drug-likeness (QED) is 0.860. The van der Waals surface area contributed by atoms with Crippen molar-refractivity contribution in [3.63, 3.8) is 0 Å². The standard InChI is InChI=1S/C22H24FN3O2/c1-3-20-14-25(22(27)28)15(2)13-26(20)21(18-8-10-19(23)11-9-18)17-6-4-16(12-24)5-7-17/h4-11,15,20-21H,3,13-14H2,1-2H3,(H,27,28)/t15-,20+,21+/m0/s1. The van der Waals surface area contributed by atoms with Crippen LogP contribution >= 0.6 is 0 Å². The van der Waals surface area contributed by atoms with Crippen molar-refractivity contribution in [1.82, 2.24) is 9.80 Å². The maximum atomic E-state index is 13.5. The molecule has 0 spiro atoms. The molecule has 1 N–H and O–H groups in total. The van der Waals surface area contributed by atoms with Gasteiger partial charge in [-0.25, -0.2) is 9.18 Å². The van der Waals surface area contributed by atoms with Crippen LogP contribution in [-0.2, 0) is 0 Å². The fourth-order valence-corrected chi connectivity index (χ4v) is 3.97. The Hall–Kier alpha value is -2.91. The van der Waals surface area contributed by atoms with Crippen LogP contribution in [0.2, 0.25) is 0 Å². The van der Waals surface area contributed by atoms with E-state index in [1.54, 1.807) is 24.3 Å². The van der Waals surface area contributed by atoms with Crippen molar-refractivity contribution in [3.05, 3.63) is 71.0 Å². The van der Waals surface area contributed by atoms with Crippen molar-refractivity contribution in [2.24, 2.45) is 0 Å². The predicted molar refractivity (Wildman–Crippen MR) is 104 cm³/mol. The lowest BCUT2D eigenvalue weighted by Gasteiger charge is -2.47. The number of carboxylic acid groups (broad SMARTS) is 1. The maximum absolute atomic E-state index is 13.5. The molecule has 0 saturated carbocycles. The van der Waals surface area contributed by atoms with Crippen LogP contribution in [0.3, 0.4) is 0 Å². The lowest BCUT2D eigenvalue weighted by Crippen LogP contribution is -2.59. The molecule has 5 nitrogen and oxygen atoms in total. The molecule has 0 aromatic heterocycles. The van der Waals surface area contributed by atoms with Crippen LogP contribution in [-0.4, -0.2) is 46.2 Å². The molecule has 0 radical (unpaired) electrons. The van der Waals surface area contributed by atoms with Gasteiger partial charge in [-0.15, -0.1) is 0 Å². The average Bonchev–Trinajstić information content (AvgIpc) is 2.70. The average molecular weight is 381 g/mol. The van der Waals surface area contributed by atoms with Gasteiger partial charge in [-0.2, -0.15) is 5.26 Å². The highest BCUT2D eigenvalue weighted by atomic mass is 19.1. The fraction of sp³-hybridized carbons (Fsp3) is 0.364. The molecule has 1 saturated heterocycles. The Bertz CT molecular complexity index is 861. The third-order valence-electron chi connectivity index (χ3n) is 5.47. The van der Waals surface area contributed by atoms with E-state index in [0.717, 1.165) is 17.5 Å². The SMILES string of the molecule is CC[C@@H]1CN(C(=O)O)[C@@H](C)CN1[C@@H](c1ccc(F)cc1)c1ccc(C#N)cc1. The van der Waals surface area contributed by atoms with Crippen LogP contribution in [0.25, 0.3) is 0 Å². The first kappa shape index (κ1) is 19.8. The number of rotatable bonds is 4. The van der Waals surface area contributed by atoms with Crippen LogP contribution in [0.4, 0.5) is 9.18 Å². The van der Waals surface area contributed by atoms with E-state index in [2.05, 4.69) is 11.0 Å². The molecular formula is C22H24FN3O2. The van der Waals surface area contributed by atoms with Gasteiger partial charge in [-0.3, -0.25) is 4.90 Å². The van der Waals surface area contributed by atoms with Gasteiger partial charge in [-0.05, 0) is 48.7 Å². The summed E-state index contributed by atoms with van der Waals surface area (Å²) in [6, 6.07) is 15.7. The zero-order chi connectivity index (χ0) is 20.3. The van der Waals surface area contributed by atoms with E-state index in [4.69, 9.17) is 5.26 Å². The first-order valence-corrected chi connectivity index (χ1v) is 9.45. The Morgan fingerprint density at radius 1 is 1.18 bits per heavy atom. The lowest BCUT2D eigenvalue weighted by molar-refractivity contribution is 0.0199. The van der Waals surface area contributed by atoms with E-state index in [1.807, 2.05) is 26.0 Å². The van der Waals surface area contributed by atoms with Crippen LogP contribution in [0.1, 0.15) is 43.0 Å². The zero-order valence-electron chi connectivity index (χ0n) is 16.0. The number of benzene rings is 2. The minimum absolute atomic E-state index is 0.0398. The second-order valence-electron chi connectivity index (χ2n) is 7.23. The molecule has 0 aliphatic carbocycles. The number of hydrogen-bond donors (Lipinski definition) is 1. The summed E-state index contributed by atoms with van der Waals surface area (Å²) in [6.45, 7) is 4.97. The maximum Gasteiger partial charge on any atom is 0.407 e. The van der Waals surface area contributed by atoms with Gasteiger partial charge in [0.2, 0.25) is 0 Å². The number of amides is 1. The minimum Gasteiger partial charge on any atom is -0.465 e. The van der Waals surface area contributed by atoms with E-state index < -0.39 is 6.09 Å². The number of nitrogens with zero attached hydrogens (tertiary/aromatic N) is 3. The molecule has 1 aliphatic heterocycles. The van der Waals surface area contributed by atoms with Crippen molar-refractivity contribution < 1.29 is 14.3 Å². The highest BCUT2D eigenvalue weighted by Crippen LogP contribution is 2.34. The molecule has 0 bridgehead atoms. The van der Waals surface area contributed by atoms with E-state index in [1.165, 1.54) is 17.0 Å². The van der Waals surface area contributed by atoms with Gasteiger partial charge >= 0.3 is 6.09 Å². The van der Waals surface area contributed by atoms with Gasteiger partial charge in [0, 0.05) is 25.2 Å². The molecule has 1 fully saturated rings. The summed E-state index contributed by atoms with van der Waals surface area (Å²) in [7, 11) is 0. The fourth-order valence-electron chi connectivity index (χ4n) is 3.97. The van der Waals surface area contributed by atoms with Crippen molar-refractivity contribution in [3.8, 4) is 6.07 Å². The molecule has 1 heterocycles. The number of piperazine rings is 1. The smallest absolute Gasteiger partial charge is 0.407 e. The third-order valence-corrected chi connectivity index (χ3v) is 5.47. The van der Waals surface area contributed by atoms with Gasteiger partial charge in [0.05, 0.1) is 17.7 Å². The number of carbonyl (C=O) groups is 1. The first-order valence-electron chi connectivity index (χ1n) is 9.45. The lowest BCUT2D eigenvalue weighted by atomic mass is 9.92. The van der Waals surface area contributed by atoms with E-state index in [0.29, 0.717) is 18.7 Å². The van der Waals surface area contributed by atoms with Crippen molar-refractivity contribution in [1.29, 1.82) is 5.26 Å². The number of halogens is 1. The second kappa shape index (κ2) is 8.41. The Labute approximate surface area is 164 Å². The summed E-state index contributed by atoms with van der Waals surface area (Å²) in [5.41, 5.74) is 2.53. The molecular weight excluding hydrogens is 357 g/mol. The molecule has 3 atom stereocenters. The van der Waals surface area contributed by atoms with Crippen LogP contribution in [0.5, 0.6) is 0 Å². The van der Waals surface area contributed by atoms with Gasteiger partial charge < -0.3 is 10.0 Å². The summed E-state index contributed by atoms with van der Waals surface area (Å²) < 4.78 is 13.5. The van der Waals surface area contributed by atoms with E-state index in [-0.39, 0.29) is 23.9 Å². The molecule has 146 valence electrons. The van der Waals surface area contributed by atoms with Gasteiger partial charge in [-0.1, -0.05) is 31.2 Å². The summed E-state index contributed by atoms with van der Waals surface area (Å²) in [6.07, 6.45) is -0.105. The van der Waals surface area contributed by atoms with Crippen LogP contribution in [0.15, 0.2) is 48.5 Å². The zero-order valence-corrected chi connectivity index (χ0v) is 16.0. The monoisotopic (exact) mass is 381 g/mol. The van der Waals surface area contributed by atoms with Crippen molar-refractivity contribution in [2.75, 3.05) is 13.1 Å². The van der Waals surface area contributed by atoms with Crippen molar-refractivity contribution >= 4 is 6.09 Å². The van der Waals surface area contributed by atoms with Gasteiger partial charge in [0.25, 0.3) is 0 Å². The molecule has 3 rings (SSSR count). The number of nitriles is 1. The Kier molecular flexibility index (Phi) is 5.96. The number of hydrogen-bond acceptors (Lipinski definition) is 3. The first-order chi connectivity index (χ1) is 13.4. The Morgan fingerprint density at radius 3 is 2.25 bits per heavy atom. The normalized spacial score (nSPS) is 21.1. The predicted octanol–water partition coefficient (Wildman–Crippen LogP) is 4.25. The van der Waals surface area contributed by atoms with Crippen LogP contribution in [0, 0.1) is 17.1 Å². The Morgan fingerprint density at radius 2 is 1.75 bits per heavy atom. The van der Waals surface area contributed by atoms with Gasteiger partial charge in [0.1, 0.15) is 5.82 Å². The highest BCUT2D eigenvalue weighted by molar-refractivity contribution is 5.65. The molecule has 6 heteroatoms. The Balaban J connectivity index is 2.03. The third kappa shape index (κ3) is 4.00. The largest absolute Gasteiger partial charge is 0.465 e. The molecule has 1 amide bonds. The van der Waals surface area contributed by atoms with Crippen molar-refractivity contribution in [2.45, 2.75) is 38.4 Å². The summed E-state index contributed by atoms with van der Waals surface area (Å²) in [4.78, 5) is 15.4. The van der Waals surface area contributed by atoms with Crippen LogP contribution < -0.4 is 0 Å².